The number of rotatable bonds is 18. The normalized spacial score (nSPS) is 13.8. The van der Waals surface area contributed by atoms with Gasteiger partial charge in [-0.1, -0.05) is 12.1 Å². The lowest BCUT2D eigenvalue weighted by Crippen LogP contribution is -2.57. The number of hydrogen-bond acceptors (Lipinski definition) is 9. The van der Waals surface area contributed by atoms with E-state index in [4.69, 9.17) is 17.2 Å². The summed E-state index contributed by atoms with van der Waals surface area (Å²) in [7, 11) is 0. The van der Waals surface area contributed by atoms with Crippen LogP contribution in [0.25, 0.3) is 0 Å². The van der Waals surface area contributed by atoms with E-state index in [1.165, 1.54) is 36.0 Å². The van der Waals surface area contributed by atoms with Gasteiger partial charge in [-0.3, -0.25) is 24.0 Å². The minimum absolute atomic E-state index is 0.0186. The Labute approximate surface area is 229 Å². The largest absolute Gasteiger partial charge is 0.508 e. The van der Waals surface area contributed by atoms with Crippen molar-refractivity contribution in [1.29, 1.82) is 0 Å². The van der Waals surface area contributed by atoms with E-state index in [0.717, 1.165) is 0 Å². The number of carbonyl (C=O) groups is 6. The number of primary amides is 2. The molecule has 11 N–H and O–H groups in total. The highest BCUT2D eigenvalue weighted by Crippen LogP contribution is 2.12. The van der Waals surface area contributed by atoms with Gasteiger partial charge in [-0.15, -0.1) is 0 Å². The van der Waals surface area contributed by atoms with Gasteiger partial charge in [-0.2, -0.15) is 11.8 Å². The fourth-order valence-electron chi connectivity index (χ4n) is 3.38. The third kappa shape index (κ3) is 13.0. The third-order valence-electron chi connectivity index (χ3n) is 5.59. The van der Waals surface area contributed by atoms with Gasteiger partial charge in [0, 0.05) is 19.3 Å². The molecule has 0 aliphatic rings. The zero-order valence-electron chi connectivity index (χ0n) is 21.6. The summed E-state index contributed by atoms with van der Waals surface area (Å²) >= 11 is 1.39. The molecule has 0 fully saturated rings. The van der Waals surface area contributed by atoms with Crippen LogP contribution in [0.3, 0.4) is 0 Å². The maximum Gasteiger partial charge on any atom is 0.326 e. The lowest BCUT2D eigenvalue weighted by Gasteiger charge is -2.25. The number of amides is 5. The van der Waals surface area contributed by atoms with Crippen LogP contribution in [0.1, 0.15) is 37.7 Å². The Bertz CT molecular complexity index is 1020. The summed E-state index contributed by atoms with van der Waals surface area (Å²) in [5.74, 6) is -4.64. The van der Waals surface area contributed by atoms with Crippen LogP contribution < -0.4 is 33.2 Å². The van der Waals surface area contributed by atoms with E-state index in [-0.39, 0.29) is 44.3 Å². The highest BCUT2D eigenvalue weighted by atomic mass is 32.2. The summed E-state index contributed by atoms with van der Waals surface area (Å²) < 4.78 is 0. The van der Waals surface area contributed by atoms with Crippen LogP contribution in [0, 0.1) is 0 Å². The molecule has 0 heterocycles. The van der Waals surface area contributed by atoms with Crippen LogP contribution in [0.4, 0.5) is 0 Å². The monoisotopic (exact) mass is 568 g/mol. The topological polar surface area (TPSA) is 257 Å². The molecule has 1 aromatic rings. The van der Waals surface area contributed by atoms with Crippen LogP contribution in [-0.4, -0.2) is 81.9 Å². The van der Waals surface area contributed by atoms with E-state index in [1.54, 1.807) is 6.26 Å². The Hall–Kier alpha value is -3.85. The molecular weight excluding hydrogens is 532 g/mol. The second-order valence-electron chi connectivity index (χ2n) is 8.79. The Kier molecular flexibility index (Phi) is 14.4. The molecule has 216 valence electrons. The van der Waals surface area contributed by atoms with Crippen molar-refractivity contribution in [3.8, 4) is 5.75 Å². The van der Waals surface area contributed by atoms with Gasteiger partial charge in [-0.25, -0.2) is 4.79 Å². The standard InChI is InChI=1S/C24H36N6O8S/c1-39-11-10-17(24(37)38)29-22(35)16(7-9-20(27)33)28-23(36)18(12-13-2-4-14(31)5-3-13)30-21(34)15(25)6-8-19(26)32/h2-5,15-18,31H,6-12,25H2,1H3,(H2,26,32)(H2,27,33)(H,28,36)(H,29,35)(H,30,34)(H,37,38). The Balaban J connectivity index is 3.14. The number of benzene rings is 1. The number of carbonyl (C=O) groups excluding carboxylic acids is 5. The van der Waals surface area contributed by atoms with Gasteiger partial charge < -0.3 is 43.4 Å². The molecule has 0 aromatic heterocycles. The van der Waals surface area contributed by atoms with Crippen molar-refractivity contribution < 1.29 is 39.0 Å². The van der Waals surface area contributed by atoms with Crippen LogP contribution in [-0.2, 0) is 35.2 Å². The minimum atomic E-state index is -1.34. The van der Waals surface area contributed by atoms with Crippen molar-refractivity contribution in [2.75, 3.05) is 12.0 Å². The summed E-state index contributed by atoms with van der Waals surface area (Å²) in [5, 5.41) is 26.3. The lowest BCUT2D eigenvalue weighted by molar-refractivity contribution is -0.142. The van der Waals surface area contributed by atoms with Gasteiger partial charge in [-0.05, 0) is 49.0 Å². The van der Waals surface area contributed by atoms with Gasteiger partial charge in [0.05, 0.1) is 6.04 Å². The molecule has 0 spiro atoms. The van der Waals surface area contributed by atoms with Gasteiger partial charge in [0.25, 0.3) is 0 Å². The molecule has 5 amide bonds. The summed E-state index contributed by atoms with van der Waals surface area (Å²) in [6.45, 7) is 0. The minimum Gasteiger partial charge on any atom is -0.508 e. The highest BCUT2D eigenvalue weighted by Gasteiger charge is 2.30. The van der Waals surface area contributed by atoms with Gasteiger partial charge in [0.2, 0.25) is 29.5 Å². The average molecular weight is 569 g/mol. The van der Waals surface area contributed by atoms with Crippen LogP contribution >= 0.6 is 11.8 Å². The van der Waals surface area contributed by atoms with Crippen molar-refractivity contribution in [2.45, 2.75) is 62.7 Å². The zero-order valence-corrected chi connectivity index (χ0v) is 22.4. The van der Waals surface area contributed by atoms with Crippen molar-refractivity contribution in [1.82, 2.24) is 16.0 Å². The average Bonchev–Trinajstić information content (AvgIpc) is 2.87. The van der Waals surface area contributed by atoms with Crippen molar-refractivity contribution >= 4 is 47.3 Å². The molecule has 4 unspecified atom stereocenters. The van der Waals surface area contributed by atoms with Gasteiger partial charge in [0.15, 0.2) is 0 Å². The molecule has 0 bridgehead atoms. The summed E-state index contributed by atoms with van der Waals surface area (Å²) in [6, 6.07) is 0.817. The third-order valence-corrected chi connectivity index (χ3v) is 6.23. The van der Waals surface area contributed by atoms with Crippen molar-refractivity contribution in [3.63, 3.8) is 0 Å². The Morgan fingerprint density at radius 2 is 1.31 bits per heavy atom. The van der Waals surface area contributed by atoms with Crippen LogP contribution in [0.5, 0.6) is 5.75 Å². The number of phenolic OH excluding ortho intramolecular Hbond substituents is 1. The summed E-state index contributed by atoms with van der Waals surface area (Å²) in [5.41, 5.74) is 16.7. The fraction of sp³-hybridized carbons (Fsp3) is 0.500. The Morgan fingerprint density at radius 3 is 1.85 bits per heavy atom. The molecule has 1 rings (SSSR count). The second-order valence-corrected chi connectivity index (χ2v) is 9.78. The predicted octanol–water partition coefficient (Wildman–Crippen LogP) is -1.91. The molecule has 0 aliphatic heterocycles. The van der Waals surface area contributed by atoms with E-state index in [9.17, 15) is 39.0 Å². The molecule has 4 atom stereocenters. The Morgan fingerprint density at radius 1 is 0.795 bits per heavy atom. The number of carboxylic acid groups (broad SMARTS) is 1. The van der Waals surface area contributed by atoms with Crippen LogP contribution in [0.15, 0.2) is 24.3 Å². The summed E-state index contributed by atoms with van der Waals surface area (Å²) in [6.07, 6.45) is 1.11. The van der Waals surface area contributed by atoms with Crippen molar-refractivity contribution in [3.05, 3.63) is 29.8 Å². The number of thioether (sulfide) groups is 1. The summed E-state index contributed by atoms with van der Waals surface area (Å²) in [4.78, 5) is 72.9. The molecule has 0 aliphatic carbocycles. The SMILES string of the molecule is CSCCC(NC(=O)C(CCC(N)=O)NC(=O)C(Cc1ccc(O)cc1)NC(=O)C(N)CCC(N)=O)C(=O)O. The van der Waals surface area contributed by atoms with Gasteiger partial charge >= 0.3 is 5.97 Å². The van der Waals surface area contributed by atoms with E-state index in [0.29, 0.717) is 11.3 Å². The first-order chi connectivity index (χ1) is 18.3. The number of aromatic hydroxyl groups is 1. The van der Waals surface area contributed by atoms with E-state index >= 15 is 0 Å². The molecule has 0 saturated heterocycles. The maximum absolute atomic E-state index is 13.3. The predicted molar refractivity (Wildman–Crippen MR) is 143 cm³/mol. The van der Waals surface area contributed by atoms with E-state index < -0.39 is 59.7 Å². The first-order valence-electron chi connectivity index (χ1n) is 12.1. The van der Waals surface area contributed by atoms with Gasteiger partial charge in [0.1, 0.15) is 23.9 Å². The first-order valence-corrected chi connectivity index (χ1v) is 13.5. The quantitative estimate of drug-likeness (QED) is 0.0974. The molecule has 39 heavy (non-hydrogen) atoms. The van der Waals surface area contributed by atoms with E-state index in [2.05, 4.69) is 16.0 Å². The molecular formula is C24H36N6O8S. The number of aliphatic carboxylic acids is 1. The number of phenols is 1. The van der Waals surface area contributed by atoms with Crippen molar-refractivity contribution in [2.24, 2.45) is 17.2 Å². The second kappa shape index (κ2) is 16.9. The molecule has 14 nitrogen and oxygen atoms in total. The number of nitrogens with one attached hydrogen (secondary N) is 3. The maximum atomic E-state index is 13.3. The number of carboxylic acids is 1. The smallest absolute Gasteiger partial charge is 0.326 e. The van der Waals surface area contributed by atoms with E-state index in [1.807, 2.05) is 0 Å². The molecule has 1 aromatic carbocycles. The van der Waals surface area contributed by atoms with Crippen LogP contribution in [0.2, 0.25) is 0 Å². The fourth-order valence-corrected chi connectivity index (χ4v) is 3.85. The first kappa shape index (κ1) is 33.2. The number of nitrogens with two attached hydrogens (primary N) is 3. The molecule has 15 heteroatoms. The highest BCUT2D eigenvalue weighted by molar-refractivity contribution is 7.98. The molecule has 0 saturated carbocycles. The lowest BCUT2D eigenvalue weighted by atomic mass is 10.0. The number of hydrogen-bond donors (Lipinski definition) is 8. The zero-order chi connectivity index (χ0) is 29.5. The molecule has 0 radical (unpaired) electrons.